The van der Waals surface area contributed by atoms with Crippen molar-refractivity contribution in [2.24, 2.45) is 5.92 Å². The Bertz CT molecular complexity index is 297. The van der Waals surface area contributed by atoms with Crippen LogP contribution >= 0.6 is 0 Å². The molecule has 1 rings (SSSR count). The van der Waals surface area contributed by atoms with Crippen molar-refractivity contribution in [3.05, 3.63) is 0 Å². The molecule has 2 N–H and O–H groups in total. The molecule has 0 aromatic carbocycles. The van der Waals surface area contributed by atoms with Gasteiger partial charge >= 0.3 is 0 Å². The molecule has 0 radical (unpaired) electrons. The lowest BCUT2D eigenvalue weighted by molar-refractivity contribution is -0.128. The van der Waals surface area contributed by atoms with Crippen molar-refractivity contribution in [1.82, 2.24) is 10.6 Å². The number of hydrogen-bond acceptors (Lipinski definition) is 2. The quantitative estimate of drug-likeness (QED) is 0.705. The Kier molecular flexibility index (Phi) is 8.31. The summed E-state index contributed by atoms with van der Waals surface area (Å²) in [6.07, 6.45) is 11.5. The molecule has 1 atom stereocenters. The fourth-order valence-electron chi connectivity index (χ4n) is 3.00. The lowest BCUT2D eigenvalue weighted by Crippen LogP contribution is -2.45. The second-order valence-corrected chi connectivity index (χ2v) is 5.88. The molecule has 1 aliphatic rings. The molecule has 0 spiro atoms. The van der Waals surface area contributed by atoms with Crippen molar-refractivity contribution in [2.75, 3.05) is 7.05 Å². The van der Waals surface area contributed by atoms with Crippen molar-refractivity contribution in [1.29, 1.82) is 0 Å². The lowest BCUT2D eigenvalue weighted by atomic mass is 9.93. The van der Waals surface area contributed by atoms with Crippen molar-refractivity contribution in [3.8, 4) is 0 Å². The minimum atomic E-state index is -0.363. The van der Waals surface area contributed by atoms with Gasteiger partial charge in [-0.2, -0.15) is 0 Å². The Morgan fingerprint density at radius 2 is 1.80 bits per heavy atom. The third-order valence-electron chi connectivity index (χ3n) is 4.30. The minimum Gasteiger partial charge on any atom is -0.357 e. The third-order valence-corrected chi connectivity index (χ3v) is 4.30. The Labute approximate surface area is 123 Å². The molecule has 1 unspecified atom stereocenters. The largest absolute Gasteiger partial charge is 0.357 e. The first-order valence-corrected chi connectivity index (χ1v) is 8.18. The van der Waals surface area contributed by atoms with Crippen LogP contribution in [0.4, 0.5) is 0 Å². The number of nitrogens with one attached hydrogen (secondary N) is 2. The summed E-state index contributed by atoms with van der Waals surface area (Å²) in [6, 6.07) is -0.363. The van der Waals surface area contributed by atoms with E-state index in [0.29, 0.717) is 6.42 Å². The van der Waals surface area contributed by atoms with Crippen LogP contribution in [-0.4, -0.2) is 24.9 Å². The van der Waals surface area contributed by atoms with E-state index in [1.807, 2.05) is 6.92 Å². The highest BCUT2D eigenvalue weighted by Gasteiger charge is 2.19. The number of amides is 2. The molecule has 0 heterocycles. The van der Waals surface area contributed by atoms with Gasteiger partial charge in [-0.1, -0.05) is 58.3 Å². The predicted molar refractivity (Wildman–Crippen MR) is 81.3 cm³/mol. The fourth-order valence-corrected chi connectivity index (χ4v) is 3.00. The van der Waals surface area contributed by atoms with Crippen LogP contribution in [0.15, 0.2) is 0 Å². The highest BCUT2D eigenvalue weighted by molar-refractivity contribution is 5.87. The molecule has 0 saturated heterocycles. The molecule has 1 saturated carbocycles. The number of rotatable bonds is 7. The average Bonchev–Trinajstić information content (AvgIpc) is 2.73. The fraction of sp³-hybridized carbons (Fsp3) is 0.875. The van der Waals surface area contributed by atoms with E-state index in [2.05, 4.69) is 10.6 Å². The SMILES string of the molecule is CCC(=O)NC(CCCC1CCCCCC1)C(=O)NC. The molecule has 1 fully saturated rings. The smallest absolute Gasteiger partial charge is 0.242 e. The minimum absolute atomic E-state index is 0.0481. The van der Waals surface area contributed by atoms with E-state index in [1.165, 1.54) is 44.9 Å². The molecule has 0 aromatic heterocycles. The van der Waals surface area contributed by atoms with Crippen molar-refractivity contribution in [3.63, 3.8) is 0 Å². The monoisotopic (exact) mass is 282 g/mol. The van der Waals surface area contributed by atoms with Gasteiger partial charge in [0.25, 0.3) is 0 Å². The Morgan fingerprint density at radius 3 is 2.35 bits per heavy atom. The predicted octanol–water partition coefficient (Wildman–Crippen LogP) is 2.77. The van der Waals surface area contributed by atoms with Gasteiger partial charge in [-0.25, -0.2) is 0 Å². The summed E-state index contributed by atoms with van der Waals surface area (Å²) in [5.74, 6) is 0.699. The maximum Gasteiger partial charge on any atom is 0.242 e. The van der Waals surface area contributed by atoms with E-state index < -0.39 is 0 Å². The van der Waals surface area contributed by atoms with Gasteiger partial charge in [-0.3, -0.25) is 9.59 Å². The van der Waals surface area contributed by atoms with Crippen LogP contribution in [0.5, 0.6) is 0 Å². The summed E-state index contributed by atoms with van der Waals surface area (Å²) in [5.41, 5.74) is 0. The summed E-state index contributed by atoms with van der Waals surface area (Å²) in [5, 5.41) is 5.46. The molecule has 1 aliphatic carbocycles. The first-order chi connectivity index (χ1) is 9.67. The molecular weight excluding hydrogens is 252 g/mol. The first-order valence-electron chi connectivity index (χ1n) is 8.18. The maximum atomic E-state index is 11.8. The second-order valence-electron chi connectivity index (χ2n) is 5.88. The molecule has 4 heteroatoms. The third kappa shape index (κ3) is 6.40. The number of likely N-dealkylation sites (N-methyl/N-ethyl adjacent to an activating group) is 1. The van der Waals surface area contributed by atoms with Crippen molar-refractivity contribution in [2.45, 2.75) is 77.2 Å². The van der Waals surface area contributed by atoms with Crippen LogP contribution in [0.3, 0.4) is 0 Å². The molecule has 116 valence electrons. The summed E-state index contributed by atoms with van der Waals surface area (Å²) in [4.78, 5) is 23.2. The molecule has 0 aliphatic heterocycles. The second kappa shape index (κ2) is 9.78. The molecule has 4 nitrogen and oxygen atoms in total. The van der Waals surface area contributed by atoms with Gasteiger partial charge in [0.1, 0.15) is 6.04 Å². The Morgan fingerprint density at radius 1 is 1.15 bits per heavy atom. The normalized spacial score (nSPS) is 18.1. The van der Waals surface area contributed by atoms with Crippen LogP contribution in [-0.2, 0) is 9.59 Å². The maximum absolute atomic E-state index is 11.8. The molecule has 20 heavy (non-hydrogen) atoms. The van der Waals surface area contributed by atoms with Crippen molar-refractivity contribution < 1.29 is 9.59 Å². The van der Waals surface area contributed by atoms with Crippen LogP contribution in [0.2, 0.25) is 0 Å². The van der Waals surface area contributed by atoms with Gasteiger partial charge in [0.05, 0.1) is 0 Å². The summed E-state index contributed by atoms with van der Waals surface area (Å²) in [6.45, 7) is 1.81. The van der Waals surface area contributed by atoms with Gasteiger partial charge in [-0.15, -0.1) is 0 Å². The summed E-state index contributed by atoms with van der Waals surface area (Å²) >= 11 is 0. The van der Waals surface area contributed by atoms with Crippen LogP contribution in [0.1, 0.15) is 71.1 Å². The van der Waals surface area contributed by atoms with Gasteiger partial charge in [0.15, 0.2) is 0 Å². The standard InChI is InChI=1S/C16H30N2O2/c1-3-15(19)18-14(16(20)17-2)12-8-11-13-9-6-4-5-7-10-13/h13-14H,3-12H2,1-2H3,(H,17,20)(H,18,19). The topological polar surface area (TPSA) is 58.2 Å². The van der Waals surface area contributed by atoms with E-state index in [9.17, 15) is 9.59 Å². The van der Waals surface area contributed by atoms with E-state index >= 15 is 0 Å². The van der Waals surface area contributed by atoms with Crippen LogP contribution in [0, 0.1) is 5.92 Å². The molecular formula is C16H30N2O2. The highest BCUT2D eigenvalue weighted by atomic mass is 16.2. The molecule has 0 aromatic rings. The number of hydrogen-bond donors (Lipinski definition) is 2. The zero-order chi connectivity index (χ0) is 14.8. The highest BCUT2D eigenvalue weighted by Crippen LogP contribution is 2.27. The van der Waals surface area contributed by atoms with Gasteiger partial charge < -0.3 is 10.6 Å². The summed E-state index contributed by atoms with van der Waals surface area (Å²) in [7, 11) is 1.62. The molecule has 0 bridgehead atoms. The Hall–Kier alpha value is -1.06. The van der Waals surface area contributed by atoms with Crippen LogP contribution < -0.4 is 10.6 Å². The summed E-state index contributed by atoms with van der Waals surface area (Å²) < 4.78 is 0. The van der Waals surface area contributed by atoms with Gasteiger partial charge in [0.2, 0.25) is 11.8 Å². The van der Waals surface area contributed by atoms with Crippen LogP contribution in [0.25, 0.3) is 0 Å². The zero-order valence-corrected chi connectivity index (χ0v) is 13.0. The van der Waals surface area contributed by atoms with Gasteiger partial charge in [0, 0.05) is 13.5 Å². The van der Waals surface area contributed by atoms with E-state index in [-0.39, 0.29) is 17.9 Å². The average molecular weight is 282 g/mol. The lowest BCUT2D eigenvalue weighted by Gasteiger charge is -2.19. The van der Waals surface area contributed by atoms with E-state index in [0.717, 1.165) is 18.8 Å². The Balaban J connectivity index is 2.33. The molecule has 2 amide bonds. The van der Waals surface area contributed by atoms with Gasteiger partial charge in [-0.05, 0) is 12.3 Å². The number of carbonyl (C=O) groups is 2. The first kappa shape index (κ1) is 17.0. The van der Waals surface area contributed by atoms with E-state index in [1.54, 1.807) is 7.05 Å². The number of carbonyl (C=O) groups excluding carboxylic acids is 2. The van der Waals surface area contributed by atoms with Crippen molar-refractivity contribution >= 4 is 11.8 Å². The van der Waals surface area contributed by atoms with E-state index in [4.69, 9.17) is 0 Å². The zero-order valence-electron chi connectivity index (χ0n) is 13.0.